The Balaban J connectivity index is 1.57. The van der Waals surface area contributed by atoms with Gasteiger partial charge in [-0.3, -0.25) is 4.98 Å². The number of fused-ring (bicyclic) bond motifs is 1. The van der Waals surface area contributed by atoms with Gasteiger partial charge in [0, 0.05) is 23.3 Å². The van der Waals surface area contributed by atoms with Gasteiger partial charge in [-0.15, -0.1) is 0 Å². The number of nitrogens with one attached hydrogen (secondary N) is 1. The molecule has 0 aliphatic heterocycles. The van der Waals surface area contributed by atoms with E-state index in [2.05, 4.69) is 15.3 Å². The number of nitrogens with zero attached hydrogens (tertiary/aromatic N) is 3. The summed E-state index contributed by atoms with van der Waals surface area (Å²) in [6.45, 7) is 2.58. The summed E-state index contributed by atoms with van der Waals surface area (Å²) in [4.78, 5) is 13.6. The zero-order valence-electron chi connectivity index (χ0n) is 16.4. The average Bonchev–Trinajstić information content (AvgIpc) is 2.78. The van der Waals surface area contributed by atoms with Crippen molar-refractivity contribution in [3.63, 3.8) is 0 Å². The van der Waals surface area contributed by atoms with Crippen LogP contribution >= 0.6 is 0 Å². The van der Waals surface area contributed by atoms with Gasteiger partial charge in [-0.25, -0.2) is 9.97 Å². The van der Waals surface area contributed by atoms with Crippen LogP contribution in [-0.4, -0.2) is 34.7 Å². The molecule has 0 bridgehead atoms. The van der Waals surface area contributed by atoms with E-state index in [1.165, 1.54) is 0 Å². The van der Waals surface area contributed by atoms with Crippen LogP contribution in [0, 0.1) is 0 Å². The number of methoxy groups -OCH3 is 1. The lowest BCUT2D eigenvalue weighted by atomic mass is 10.2. The number of pyridine rings is 1. The van der Waals surface area contributed by atoms with Crippen LogP contribution in [0.5, 0.6) is 11.5 Å². The molecule has 1 atom stereocenters. The molecule has 6 nitrogen and oxygen atoms in total. The Morgan fingerprint density at radius 2 is 1.72 bits per heavy atom. The van der Waals surface area contributed by atoms with E-state index in [1.807, 2.05) is 67.6 Å². The van der Waals surface area contributed by atoms with Crippen molar-refractivity contribution in [1.29, 1.82) is 0 Å². The Labute approximate surface area is 169 Å². The molecule has 2 aromatic carbocycles. The Morgan fingerprint density at radius 3 is 2.52 bits per heavy atom. The molecule has 0 radical (unpaired) electrons. The van der Waals surface area contributed by atoms with Crippen molar-refractivity contribution in [2.45, 2.75) is 13.0 Å². The summed E-state index contributed by atoms with van der Waals surface area (Å²) in [5, 5.41) is 4.38. The van der Waals surface area contributed by atoms with Crippen LogP contribution in [-0.2, 0) is 0 Å². The van der Waals surface area contributed by atoms with Gasteiger partial charge in [-0.1, -0.05) is 24.3 Å². The SMILES string of the molecule is COc1ccccc1OC(C)CNc1nc(-c2cccnc2)nc2ccccc12. The fourth-order valence-electron chi connectivity index (χ4n) is 3.05. The first-order valence-electron chi connectivity index (χ1n) is 9.45. The number of aromatic nitrogens is 3. The molecule has 29 heavy (non-hydrogen) atoms. The van der Waals surface area contributed by atoms with Crippen LogP contribution in [0.15, 0.2) is 73.1 Å². The maximum Gasteiger partial charge on any atom is 0.163 e. The van der Waals surface area contributed by atoms with Gasteiger partial charge >= 0.3 is 0 Å². The fraction of sp³-hybridized carbons (Fsp3) is 0.174. The molecule has 2 heterocycles. The van der Waals surface area contributed by atoms with Gasteiger partial charge < -0.3 is 14.8 Å². The number of anilines is 1. The van der Waals surface area contributed by atoms with Crippen molar-refractivity contribution in [3.8, 4) is 22.9 Å². The summed E-state index contributed by atoms with van der Waals surface area (Å²) in [5.41, 5.74) is 1.75. The first kappa shape index (κ1) is 18.7. The normalized spacial score (nSPS) is 11.8. The number of hydrogen-bond donors (Lipinski definition) is 1. The third-order valence-electron chi connectivity index (χ3n) is 4.48. The molecule has 0 aliphatic rings. The van der Waals surface area contributed by atoms with E-state index in [4.69, 9.17) is 14.5 Å². The minimum atomic E-state index is -0.0955. The minimum absolute atomic E-state index is 0.0955. The first-order valence-corrected chi connectivity index (χ1v) is 9.45. The van der Waals surface area contributed by atoms with Gasteiger partial charge in [0.15, 0.2) is 17.3 Å². The molecular weight excluding hydrogens is 364 g/mol. The van der Waals surface area contributed by atoms with E-state index in [-0.39, 0.29) is 6.10 Å². The lowest BCUT2D eigenvalue weighted by Crippen LogP contribution is -2.23. The highest BCUT2D eigenvalue weighted by molar-refractivity contribution is 5.90. The summed E-state index contributed by atoms with van der Waals surface area (Å²) < 4.78 is 11.4. The summed E-state index contributed by atoms with van der Waals surface area (Å²) in [7, 11) is 1.64. The largest absolute Gasteiger partial charge is 0.493 e. The van der Waals surface area contributed by atoms with Crippen LogP contribution in [0.2, 0.25) is 0 Å². The molecule has 146 valence electrons. The van der Waals surface area contributed by atoms with Crippen LogP contribution in [0.1, 0.15) is 6.92 Å². The molecule has 0 fully saturated rings. The number of benzene rings is 2. The molecule has 1 N–H and O–H groups in total. The third-order valence-corrected chi connectivity index (χ3v) is 4.48. The van der Waals surface area contributed by atoms with E-state index >= 15 is 0 Å². The second-order valence-corrected chi connectivity index (χ2v) is 6.61. The zero-order chi connectivity index (χ0) is 20.1. The summed E-state index contributed by atoms with van der Waals surface area (Å²) in [6.07, 6.45) is 3.41. The maximum atomic E-state index is 6.04. The molecule has 2 aromatic heterocycles. The smallest absolute Gasteiger partial charge is 0.163 e. The number of para-hydroxylation sites is 3. The second kappa shape index (κ2) is 8.56. The minimum Gasteiger partial charge on any atom is -0.493 e. The van der Waals surface area contributed by atoms with E-state index < -0.39 is 0 Å². The topological polar surface area (TPSA) is 69.2 Å². The molecule has 4 rings (SSSR count). The van der Waals surface area contributed by atoms with Crippen molar-refractivity contribution >= 4 is 16.7 Å². The quantitative estimate of drug-likeness (QED) is 0.501. The van der Waals surface area contributed by atoms with E-state index in [0.717, 1.165) is 22.3 Å². The molecule has 1 unspecified atom stereocenters. The lowest BCUT2D eigenvalue weighted by molar-refractivity contribution is 0.223. The van der Waals surface area contributed by atoms with Crippen LogP contribution in [0.3, 0.4) is 0 Å². The van der Waals surface area contributed by atoms with Gasteiger partial charge in [0.1, 0.15) is 11.9 Å². The summed E-state index contributed by atoms with van der Waals surface area (Å²) in [6, 6.07) is 19.4. The Hall–Kier alpha value is -3.67. The first-order chi connectivity index (χ1) is 14.2. The van der Waals surface area contributed by atoms with Gasteiger partial charge in [0.05, 0.1) is 19.2 Å². The highest BCUT2D eigenvalue weighted by Crippen LogP contribution is 2.27. The van der Waals surface area contributed by atoms with Crippen molar-refractivity contribution in [2.75, 3.05) is 19.0 Å². The molecule has 0 amide bonds. The van der Waals surface area contributed by atoms with Gasteiger partial charge in [0.2, 0.25) is 0 Å². The molecule has 0 aliphatic carbocycles. The summed E-state index contributed by atoms with van der Waals surface area (Å²) in [5.74, 6) is 2.83. The molecule has 6 heteroatoms. The fourth-order valence-corrected chi connectivity index (χ4v) is 3.05. The Morgan fingerprint density at radius 1 is 0.931 bits per heavy atom. The second-order valence-electron chi connectivity index (χ2n) is 6.61. The average molecular weight is 386 g/mol. The monoisotopic (exact) mass is 386 g/mol. The van der Waals surface area contributed by atoms with Crippen molar-refractivity contribution in [3.05, 3.63) is 73.1 Å². The number of hydrogen-bond acceptors (Lipinski definition) is 6. The number of rotatable bonds is 7. The summed E-state index contributed by atoms with van der Waals surface area (Å²) >= 11 is 0. The van der Waals surface area contributed by atoms with Crippen LogP contribution in [0.25, 0.3) is 22.3 Å². The molecular formula is C23H22N4O2. The standard InChI is InChI=1S/C23H22N4O2/c1-16(29-21-12-6-5-11-20(21)28-2)14-25-23-18-9-3-4-10-19(18)26-22(27-23)17-8-7-13-24-15-17/h3-13,15-16H,14H2,1-2H3,(H,25,26,27). The third kappa shape index (κ3) is 4.27. The van der Waals surface area contributed by atoms with Gasteiger partial charge in [-0.2, -0.15) is 0 Å². The van der Waals surface area contributed by atoms with Crippen molar-refractivity contribution < 1.29 is 9.47 Å². The predicted octanol–water partition coefficient (Wildman–Crippen LogP) is 4.58. The molecule has 0 saturated heterocycles. The predicted molar refractivity (Wildman–Crippen MR) is 114 cm³/mol. The molecule has 0 spiro atoms. The van der Waals surface area contributed by atoms with Crippen molar-refractivity contribution in [1.82, 2.24) is 15.0 Å². The number of ether oxygens (including phenoxy) is 2. The highest BCUT2D eigenvalue weighted by Gasteiger charge is 2.12. The van der Waals surface area contributed by atoms with E-state index in [1.54, 1.807) is 19.5 Å². The van der Waals surface area contributed by atoms with Gasteiger partial charge in [0.25, 0.3) is 0 Å². The van der Waals surface area contributed by atoms with Gasteiger partial charge in [-0.05, 0) is 43.3 Å². The zero-order valence-corrected chi connectivity index (χ0v) is 16.4. The highest BCUT2D eigenvalue weighted by atomic mass is 16.5. The lowest BCUT2D eigenvalue weighted by Gasteiger charge is -2.18. The van der Waals surface area contributed by atoms with Crippen molar-refractivity contribution in [2.24, 2.45) is 0 Å². The molecule has 4 aromatic rings. The van der Waals surface area contributed by atoms with E-state index in [9.17, 15) is 0 Å². The Kier molecular flexibility index (Phi) is 5.52. The maximum absolute atomic E-state index is 6.04. The van der Waals surface area contributed by atoms with Crippen LogP contribution in [0.4, 0.5) is 5.82 Å². The van der Waals surface area contributed by atoms with Crippen LogP contribution < -0.4 is 14.8 Å². The Bertz CT molecular complexity index is 1100. The van der Waals surface area contributed by atoms with E-state index in [0.29, 0.717) is 23.9 Å². The molecule has 0 saturated carbocycles.